The van der Waals surface area contributed by atoms with Crippen LogP contribution in [-0.2, 0) is 20.4 Å². The third kappa shape index (κ3) is 8.73. The molecule has 38 heavy (non-hydrogen) atoms. The SMILES string of the molecule is CC(C)(C)[Si](C)(C)OC(/C=C/C1C=CC(=O)C1SCCCSCC(=O)O)CCc1sc2ccccc2c1Cl. The van der Waals surface area contributed by atoms with Gasteiger partial charge < -0.3 is 9.53 Å². The Balaban J connectivity index is 1.68. The van der Waals surface area contributed by atoms with Crippen LogP contribution in [0, 0.1) is 5.92 Å². The van der Waals surface area contributed by atoms with Crippen molar-refractivity contribution in [1.29, 1.82) is 0 Å². The molecular formula is C29H39ClO4S3Si. The van der Waals surface area contributed by atoms with E-state index in [0.717, 1.165) is 41.2 Å². The van der Waals surface area contributed by atoms with Crippen molar-refractivity contribution in [3.63, 3.8) is 0 Å². The zero-order valence-corrected chi connectivity index (χ0v) is 27.1. The maximum atomic E-state index is 12.6. The number of fused-ring (bicyclic) bond motifs is 1. The lowest BCUT2D eigenvalue weighted by atomic mass is 10.1. The average Bonchev–Trinajstić information content (AvgIpc) is 3.36. The van der Waals surface area contributed by atoms with E-state index in [1.165, 1.54) is 21.3 Å². The van der Waals surface area contributed by atoms with Crippen LogP contribution in [0.4, 0.5) is 0 Å². The van der Waals surface area contributed by atoms with E-state index in [0.29, 0.717) is 0 Å². The van der Waals surface area contributed by atoms with E-state index in [9.17, 15) is 9.59 Å². The Kier molecular flexibility index (Phi) is 11.6. The quantitative estimate of drug-likeness (QED) is 0.131. The number of carbonyl (C=O) groups is 2. The number of hydrogen-bond donors (Lipinski definition) is 1. The Morgan fingerprint density at radius 3 is 2.68 bits per heavy atom. The molecule has 3 unspecified atom stereocenters. The smallest absolute Gasteiger partial charge is 0.313 e. The fraction of sp³-hybridized carbons (Fsp3) is 0.517. The van der Waals surface area contributed by atoms with Crippen LogP contribution in [0.15, 0.2) is 48.6 Å². The van der Waals surface area contributed by atoms with Crippen LogP contribution >= 0.6 is 46.5 Å². The Hall–Kier alpha value is -1.03. The number of thioether (sulfide) groups is 2. The largest absolute Gasteiger partial charge is 0.481 e. The maximum Gasteiger partial charge on any atom is 0.313 e. The number of aliphatic carboxylic acids is 1. The second-order valence-electron chi connectivity index (χ2n) is 11.1. The number of carboxylic acid groups (broad SMARTS) is 1. The van der Waals surface area contributed by atoms with Gasteiger partial charge in [-0.25, -0.2) is 0 Å². The molecule has 1 N–H and O–H groups in total. The van der Waals surface area contributed by atoms with Crippen LogP contribution in [-0.4, -0.2) is 53.8 Å². The van der Waals surface area contributed by atoms with Gasteiger partial charge in [0, 0.05) is 20.9 Å². The van der Waals surface area contributed by atoms with Gasteiger partial charge in [0.05, 0.1) is 22.1 Å². The molecule has 3 atom stereocenters. The first kappa shape index (κ1) is 31.5. The normalized spacial score (nSPS) is 19.2. The number of thiophene rings is 1. The van der Waals surface area contributed by atoms with Gasteiger partial charge in [-0.05, 0) is 61.0 Å². The summed E-state index contributed by atoms with van der Waals surface area (Å²) in [5, 5.41) is 10.7. The zero-order valence-electron chi connectivity index (χ0n) is 22.9. The van der Waals surface area contributed by atoms with Gasteiger partial charge in [-0.2, -0.15) is 11.8 Å². The number of carbonyl (C=O) groups excluding carboxylic acids is 1. The van der Waals surface area contributed by atoms with E-state index in [2.05, 4.69) is 58.2 Å². The highest BCUT2D eigenvalue weighted by Gasteiger charge is 2.39. The molecule has 2 aromatic rings. The average molecular weight is 611 g/mol. The number of halogens is 1. The van der Waals surface area contributed by atoms with Crippen molar-refractivity contribution in [1.82, 2.24) is 0 Å². The zero-order chi connectivity index (χ0) is 27.9. The van der Waals surface area contributed by atoms with Gasteiger partial charge in [-0.15, -0.1) is 23.1 Å². The first-order valence-electron chi connectivity index (χ1n) is 13.0. The van der Waals surface area contributed by atoms with E-state index in [-0.39, 0.29) is 33.8 Å². The Labute approximate surface area is 245 Å². The van der Waals surface area contributed by atoms with Gasteiger partial charge in [0.25, 0.3) is 0 Å². The van der Waals surface area contributed by atoms with Gasteiger partial charge >= 0.3 is 5.97 Å². The van der Waals surface area contributed by atoms with Crippen LogP contribution in [0.2, 0.25) is 23.2 Å². The summed E-state index contributed by atoms with van der Waals surface area (Å²) in [6, 6.07) is 8.26. The molecule has 9 heteroatoms. The molecule has 1 aliphatic carbocycles. The molecule has 0 fully saturated rings. The molecular weight excluding hydrogens is 572 g/mol. The van der Waals surface area contributed by atoms with E-state index >= 15 is 0 Å². The molecule has 1 aliphatic rings. The molecule has 1 heterocycles. The van der Waals surface area contributed by atoms with Gasteiger partial charge in [0.2, 0.25) is 0 Å². The lowest BCUT2D eigenvalue weighted by molar-refractivity contribution is -0.133. The molecule has 3 rings (SSSR count). The van der Waals surface area contributed by atoms with Gasteiger partial charge in [0.1, 0.15) is 0 Å². The molecule has 0 saturated carbocycles. The van der Waals surface area contributed by atoms with Crippen molar-refractivity contribution >= 4 is 76.6 Å². The number of carboxylic acids is 1. The number of aryl methyl sites for hydroxylation is 1. The first-order valence-corrected chi connectivity index (χ1v) is 19.3. The van der Waals surface area contributed by atoms with Crippen molar-refractivity contribution in [3.05, 3.63) is 58.5 Å². The molecule has 208 valence electrons. The topological polar surface area (TPSA) is 63.6 Å². The van der Waals surface area contributed by atoms with Crippen LogP contribution in [0.5, 0.6) is 0 Å². The Morgan fingerprint density at radius 2 is 2.00 bits per heavy atom. The van der Waals surface area contributed by atoms with E-state index in [1.54, 1.807) is 29.2 Å². The van der Waals surface area contributed by atoms with Crippen LogP contribution in [0.1, 0.15) is 38.5 Å². The molecule has 4 nitrogen and oxygen atoms in total. The fourth-order valence-corrected chi connectivity index (χ4v) is 8.89. The summed E-state index contributed by atoms with van der Waals surface area (Å²) in [6.45, 7) is 11.3. The summed E-state index contributed by atoms with van der Waals surface area (Å²) in [5.41, 5.74) is 0. The predicted octanol–water partition coefficient (Wildman–Crippen LogP) is 8.50. The monoisotopic (exact) mass is 610 g/mol. The van der Waals surface area contributed by atoms with Gasteiger partial charge in [0.15, 0.2) is 14.1 Å². The standard InChI is InChI=1S/C29H39ClO4S3Si/c1-29(2,3)38(4,5)34-21(14-16-25-27(30)22-9-6-7-10-24(22)37-25)13-11-20-12-15-23(31)28(20)36-18-8-17-35-19-26(32)33/h6-7,9-13,15,20-21,28H,8,14,16-19H2,1-5H3,(H,32,33)/b13-11+. The third-order valence-corrected chi connectivity index (χ3v) is 15.9. The summed E-state index contributed by atoms with van der Waals surface area (Å²) in [6.07, 6.45) is 10.5. The Morgan fingerprint density at radius 1 is 1.26 bits per heavy atom. The molecule has 0 aliphatic heterocycles. The molecule has 0 amide bonds. The Bertz CT molecular complexity index is 1170. The minimum absolute atomic E-state index is 0.0394. The summed E-state index contributed by atoms with van der Waals surface area (Å²) in [7, 11) is -2.02. The highest BCUT2D eigenvalue weighted by molar-refractivity contribution is 8.01. The van der Waals surface area contributed by atoms with Gasteiger partial charge in [-0.1, -0.05) is 68.8 Å². The second-order valence-corrected chi connectivity index (χ2v) is 19.7. The minimum Gasteiger partial charge on any atom is -0.481 e. The molecule has 0 radical (unpaired) electrons. The fourth-order valence-electron chi connectivity index (χ4n) is 3.98. The van der Waals surface area contributed by atoms with Gasteiger partial charge in [-0.3, -0.25) is 9.59 Å². The number of rotatable bonds is 14. The number of hydrogen-bond acceptors (Lipinski definition) is 6. The second kappa shape index (κ2) is 14.0. The van der Waals surface area contributed by atoms with Crippen molar-refractivity contribution in [2.75, 3.05) is 17.3 Å². The summed E-state index contributed by atoms with van der Waals surface area (Å²) in [5.74, 6) is 1.16. The maximum absolute atomic E-state index is 12.6. The van der Waals surface area contributed by atoms with Crippen molar-refractivity contribution < 1.29 is 19.1 Å². The lowest BCUT2D eigenvalue weighted by Crippen LogP contribution is -2.43. The van der Waals surface area contributed by atoms with Crippen molar-refractivity contribution in [2.24, 2.45) is 5.92 Å². The summed E-state index contributed by atoms with van der Waals surface area (Å²) < 4.78 is 8.06. The molecule has 0 saturated heterocycles. The molecule has 1 aromatic heterocycles. The van der Waals surface area contributed by atoms with Crippen molar-refractivity contribution in [3.8, 4) is 0 Å². The number of allylic oxidation sites excluding steroid dienone is 3. The van der Waals surface area contributed by atoms with Crippen LogP contribution < -0.4 is 0 Å². The van der Waals surface area contributed by atoms with Crippen molar-refractivity contribution in [2.45, 2.75) is 69.5 Å². The van der Waals surface area contributed by atoms with E-state index in [1.807, 2.05) is 18.2 Å². The summed E-state index contributed by atoms with van der Waals surface area (Å²) in [4.78, 5) is 24.4. The minimum atomic E-state index is -2.02. The number of benzene rings is 1. The lowest BCUT2D eigenvalue weighted by Gasteiger charge is -2.38. The number of ketones is 1. The predicted molar refractivity (Wildman–Crippen MR) is 170 cm³/mol. The first-order chi connectivity index (χ1) is 17.9. The summed E-state index contributed by atoms with van der Waals surface area (Å²) >= 11 is 11.6. The third-order valence-electron chi connectivity index (χ3n) is 7.13. The van der Waals surface area contributed by atoms with E-state index < -0.39 is 14.3 Å². The van der Waals surface area contributed by atoms with E-state index in [4.69, 9.17) is 21.1 Å². The molecule has 0 bridgehead atoms. The molecule has 1 aromatic carbocycles. The highest BCUT2D eigenvalue weighted by atomic mass is 35.5. The van der Waals surface area contributed by atoms with Crippen LogP contribution in [0.3, 0.4) is 0 Å². The highest BCUT2D eigenvalue weighted by Crippen LogP contribution is 2.40. The molecule has 0 spiro atoms. The van der Waals surface area contributed by atoms with Crippen LogP contribution in [0.25, 0.3) is 10.1 Å².